The van der Waals surface area contributed by atoms with Crippen molar-refractivity contribution in [1.82, 2.24) is 4.98 Å². The van der Waals surface area contributed by atoms with E-state index in [2.05, 4.69) is 4.98 Å². The summed E-state index contributed by atoms with van der Waals surface area (Å²) >= 11 is 7.55. The highest BCUT2D eigenvalue weighted by Gasteiger charge is 2.01. The average molecular weight is 225 g/mol. The number of hydrogen-bond donors (Lipinski definition) is 1. The normalized spacial score (nSPS) is 10.4. The number of nitrogen functional groups attached to an aromatic ring is 1. The van der Waals surface area contributed by atoms with E-state index in [9.17, 15) is 0 Å². The van der Waals surface area contributed by atoms with Crippen LogP contribution in [0.25, 0.3) is 0 Å². The minimum Gasteiger partial charge on any atom is -0.398 e. The number of thiazole rings is 1. The molecule has 2 N–H and O–H groups in total. The number of halogens is 1. The number of rotatable bonds is 2. The summed E-state index contributed by atoms with van der Waals surface area (Å²) in [7, 11) is 0. The molecule has 0 aliphatic rings. The summed E-state index contributed by atoms with van der Waals surface area (Å²) in [5, 5.41) is 3.67. The number of benzene rings is 1. The highest BCUT2D eigenvalue weighted by Crippen LogP contribution is 2.21. The van der Waals surface area contributed by atoms with Crippen molar-refractivity contribution in [2.24, 2.45) is 0 Å². The molecule has 0 amide bonds. The zero-order valence-corrected chi connectivity index (χ0v) is 8.98. The highest BCUT2D eigenvalue weighted by atomic mass is 35.5. The lowest BCUT2D eigenvalue weighted by atomic mass is 10.1. The van der Waals surface area contributed by atoms with Crippen molar-refractivity contribution in [2.75, 3.05) is 5.73 Å². The van der Waals surface area contributed by atoms with E-state index in [0.717, 1.165) is 17.0 Å². The SMILES string of the molecule is Nc1ccc(Cc2nccs2)cc1Cl. The molecule has 0 unspecified atom stereocenters. The van der Waals surface area contributed by atoms with Crippen LogP contribution in [0, 0.1) is 0 Å². The van der Waals surface area contributed by atoms with Gasteiger partial charge in [-0.15, -0.1) is 11.3 Å². The molecule has 0 aliphatic heterocycles. The van der Waals surface area contributed by atoms with Crippen LogP contribution >= 0.6 is 22.9 Å². The van der Waals surface area contributed by atoms with Crippen LogP contribution in [0.4, 0.5) is 5.69 Å². The summed E-state index contributed by atoms with van der Waals surface area (Å²) in [5.74, 6) is 0. The molecule has 14 heavy (non-hydrogen) atoms. The van der Waals surface area contributed by atoms with Crippen LogP contribution in [0.15, 0.2) is 29.8 Å². The molecule has 0 fully saturated rings. The fourth-order valence-electron chi connectivity index (χ4n) is 1.20. The first-order chi connectivity index (χ1) is 6.75. The third-order valence-electron chi connectivity index (χ3n) is 1.90. The maximum Gasteiger partial charge on any atom is 0.0968 e. The Bertz CT molecular complexity index is 426. The number of aromatic nitrogens is 1. The van der Waals surface area contributed by atoms with Crippen LogP contribution in [-0.4, -0.2) is 4.98 Å². The van der Waals surface area contributed by atoms with E-state index in [0.29, 0.717) is 10.7 Å². The van der Waals surface area contributed by atoms with Gasteiger partial charge in [0.1, 0.15) is 0 Å². The fraction of sp³-hybridized carbons (Fsp3) is 0.100. The maximum absolute atomic E-state index is 5.91. The number of anilines is 1. The second kappa shape index (κ2) is 3.98. The van der Waals surface area contributed by atoms with Crippen LogP contribution in [0.1, 0.15) is 10.6 Å². The van der Waals surface area contributed by atoms with Crippen molar-refractivity contribution >= 4 is 28.6 Å². The second-order valence-electron chi connectivity index (χ2n) is 2.96. The predicted octanol–water partition coefficient (Wildman–Crippen LogP) is 2.97. The van der Waals surface area contributed by atoms with E-state index in [1.165, 1.54) is 0 Å². The molecule has 2 aromatic rings. The highest BCUT2D eigenvalue weighted by molar-refractivity contribution is 7.09. The molecule has 0 aliphatic carbocycles. The van der Waals surface area contributed by atoms with Crippen molar-refractivity contribution in [3.05, 3.63) is 45.4 Å². The molecule has 2 rings (SSSR count). The third kappa shape index (κ3) is 2.05. The molecule has 0 atom stereocenters. The van der Waals surface area contributed by atoms with Crippen LogP contribution in [-0.2, 0) is 6.42 Å². The van der Waals surface area contributed by atoms with Crippen LogP contribution in [0.5, 0.6) is 0 Å². The van der Waals surface area contributed by atoms with Gasteiger partial charge in [-0.2, -0.15) is 0 Å². The standard InChI is InChI=1S/C10H9ClN2S/c11-8-5-7(1-2-9(8)12)6-10-13-3-4-14-10/h1-5H,6,12H2. The molecule has 4 heteroatoms. The zero-order valence-electron chi connectivity index (χ0n) is 7.40. The molecule has 1 aromatic carbocycles. The minimum atomic E-state index is 0.610. The van der Waals surface area contributed by atoms with Gasteiger partial charge in [-0.1, -0.05) is 17.7 Å². The van der Waals surface area contributed by atoms with Gasteiger partial charge in [-0.3, -0.25) is 0 Å². The van der Waals surface area contributed by atoms with E-state index in [4.69, 9.17) is 17.3 Å². The lowest BCUT2D eigenvalue weighted by Gasteiger charge is -2.01. The Kier molecular flexibility index (Phi) is 2.70. The summed E-state index contributed by atoms with van der Waals surface area (Å²) in [5.41, 5.74) is 7.38. The number of nitrogens with zero attached hydrogens (tertiary/aromatic N) is 1. The monoisotopic (exact) mass is 224 g/mol. The summed E-state index contributed by atoms with van der Waals surface area (Å²) in [4.78, 5) is 4.21. The van der Waals surface area contributed by atoms with Gasteiger partial charge in [-0.05, 0) is 17.7 Å². The van der Waals surface area contributed by atoms with Crippen LogP contribution in [0.2, 0.25) is 5.02 Å². The summed E-state index contributed by atoms with van der Waals surface area (Å²) < 4.78 is 0. The smallest absolute Gasteiger partial charge is 0.0968 e. The first-order valence-corrected chi connectivity index (χ1v) is 5.44. The molecule has 0 saturated heterocycles. The van der Waals surface area contributed by atoms with Crippen molar-refractivity contribution < 1.29 is 0 Å². The van der Waals surface area contributed by atoms with Crippen molar-refractivity contribution in [2.45, 2.75) is 6.42 Å². The zero-order chi connectivity index (χ0) is 9.97. The summed E-state index contributed by atoms with van der Waals surface area (Å²) in [6, 6.07) is 5.69. The average Bonchev–Trinajstić information content (AvgIpc) is 2.64. The maximum atomic E-state index is 5.91. The molecule has 0 spiro atoms. The van der Waals surface area contributed by atoms with Crippen LogP contribution in [0.3, 0.4) is 0 Å². The Morgan fingerprint density at radius 2 is 2.29 bits per heavy atom. The Morgan fingerprint density at radius 1 is 1.43 bits per heavy atom. The molecular weight excluding hydrogens is 216 g/mol. The van der Waals surface area contributed by atoms with Gasteiger partial charge in [0.2, 0.25) is 0 Å². The Morgan fingerprint density at radius 3 is 2.93 bits per heavy atom. The Balaban J connectivity index is 2.22. The van der Waals surface area contributed by atoms with Gasteiger partial charge in [0.25, 0.3) is 0 Å². The fourth-order valence-corrected chi connectivity index (χ4v) is 2.05. The molecular formula is C10H9ClN2S. The third-order valence-corrected chi connectivity index (χ3v) is 3.01. The molecule has 0 bridgehead atoms. The predicted molar refractivity (Wildman–Crippen MR) is 60.8 cm³/mol. The quantitative estimate of drug-likeness (QED) is 0.797. The molecule has 72 valence electrons. The number of nitrogens with two attached hydrogens (primary N) is 1. The van der Waals surface area contributed by atoms with Crippen molar-refractivity contribution in [1.29, 1.82) is 0 Å². The molecule has 2 nitrogen and oxygen atoms in total. The first kappa shape index (κ1) is 9.49. The summed E-state index contributed by atoms with van der Waals surface area (Å²) in [6.45, 7) is 0. The van der Waals surface area contributed by atoms with E-state index in [1.807, 2.05) is 23.6 Å². The molecule has 1 heterocycles. The lowest BCUT2D eigenvalue weighted by molar-refractivity contribution is 1.14. The molecule has 0 saturated carbocycles. The Hall–Kier alpha value is -1.06. The molecule has 1 aromatic heterocycles. The van der Waals surface area contributed by atoms with Crippen molar-refractivity contribution in [3.8, 4) is 0 Å². The minimum absolute atomic E-state index is 0.610. The van der Waals surface area contributed by atoms with E-state index in [-0.39, 0.29) is 0 Å². The second-order valence-corrected chi connectivity index (χ2v) is 4.34. The van der Waals surface area contributed by atoms with Gasteiger partial charge in [0.15, 0.2) is 0 Å². The Labute approximate surface area is 91.4 Å². The topological polar surface area (TPSA) is 38.9 Å². The summed E-state index contributed by atoms with van der Waals surface area (Å²) in [6.07, 6.45) is 2.62. The molecule has 0 radical (unpaired) electrons. The van der Waals surface area contributed by atoms with Gasteiger partial charge in [0, 0.05) is 18.0 Å². The van der Waals surface area contributed by atoms with Gasteiger partial charge in [0.05, 0.1) is 15.7 Å². The lowest BCUT2D eigenvalue weighted by Crippen LogP contribution is -1.90. The van der Waals surface area contributed by atoms with Crippen molar-refractivity contribution in [3.63, 3.8) is 0 Å². The van der Waals surface area contributed by atoms with E-state index in [1.54, 1.807) is 17.5 Å². The first-order valence-electron chi connectivity index (χ1n) is 4.18. The van der Waals surface area contributed by atoms with E-state index < -0.39 is 0 Å². The number of hydrogen-bond acceptors (Lipinski definition) is 3. The van der Waals surface area contributed by atoms with Gasteiger partial charge < -0.3 is 5.73 Å². The largest absolute Gasteiger partial charge is 0.398 e. The van der Waals surface area contributed by atoms with E-state index >= 15 is 0 Å². The van der Waals surface area contributed by atoms with Gasteiger partial charge >= 0.3 is 0 Å². The van der Waals surface area contributed by atoms with Crippen LogP contribution < -0.4 is 5.73 Å². The van der Waals surface area contributed by atoms with Gasteiger partial charge in [-0.25, -0.2) is 4.98 Å².